The second-order valence-corrected chi connectivity index (χ2v) is 11.7. The molecule has 200 valence electrons. The van der Waals surface area contributed by atoms with Crippen LogP contribution in [0.5, 0.6) is 0 Å². The summed E-state index contributed by atoms with van der Waals surface area (Å²) >= 11 is 0. The first-order chi connectivity index (χ1) is 20.8. The molecule has 3 aliphatic rings. The van der Waals surface area contributed by atoms with Crippen LogP contribution in [-0.4, -0.2) is 15.0 Å². The molecular formula is C38H28N4. The molecule has 2 bridgehead atoms. The quantitative estimate of drug-likeness (QED) is 0.223. The zero-order valence-electron chi connectivity index (χ0n) is 23.1. The van der Waals surface area contributed by atoms with Crippen LogP contribution in [0.25, 0.3) is 33.9 Å². The second kappa shape index (κ2) is 8.95. The highest BCUT2D eigenvalue weighted by atomic mass is 15.3. The lowest BCUT2D eigenvalue weighted by Crippen LogP contribution is -2.33. The first-order valence-electron chi connectivity index (χ1n) is 14.8. The van der Waals surface area contributed by atoms with Gasteiger partial charge < -0.3 is 0 Å². The van der Waals surface area contributed by atoms with Crippen LogP contribution in [0.3, 0.4) is 0 Å². The Morgan fingerprint density at radius 1 is 0.548 bits per heavy atom. The molecule has 5 aromatic carbocycles. The zero-order valence-corrected chi connectivity index (χ0v) is 23.1. The van der Waals surface area contributed by atoms with Crippen LogP contribution < -0.4 is 4.90 Å². The molecule has 42 heavy (non-hydrogen) atoms. The van der Waals surface area contributed by atoms with Crippen molar-refractivity contribution in [2.75, 3.05) is 4.90 Å². The number of benzene rings is 5. The molecule has 1 aliphatic heterocycles. The minimum atomic E-state index is 0.0923. The molecule has 4 heteroatoms. The van der Waals surface area contributed by atoms with E-state index in [2.05, 4.69) is 108 Å². The van der Waals surface area contributed by atoms with E-state index in [1.54, 1.807) is 0 Å². The Balaban J connectivity index is 1.25. The maximum absolute atomic E-state index is 5.19. The van der Waals surface area contributed by atoms with Crippen LogP contribution in [-0.2, 0) is 5.41 Å². The van der Waals surface area contributed by atoms with Crippen LogP contribution in [0.15, 0.2) is 127 Å². The molecule has 1 fully saturated rings. The Kier molecular flexibility index (Phi) is 5.03. The van der Waals surface area contributed by atoms with E-state index in [0.717, 1.165) is 11.1 Å². The lowest BCUT2D eigenvalue weighted by atomic mass is 9.70. The third kappa shape index (κ3) is 3.38. The summed E-state index contributed by atoms with van der Waals surface area (Å²) in [6.45, 7) is 0. The maximum Gasteiger partial charge on any atom is 0.238 e. The number of aromatic nitrogens is 3. The minimum Gasteiger partial charge on any atom is -0.278 e. The van der Waals surface area contributed by atoms with E-state index in [9.17, 15) is 0 Å². The molecule has 6 aromatic rings. The average Bonchev–Trinajstić information content (AvgIpc) is 3.65. The fourth-order valence-corrected chi connectivity index (χ4v) is 7.69. The van der Waals surface area contributed by atoms with Crippen molar-refractivity contribution in [3.8, 4) is 33.9 Å². The van der Waals surface area contributed by atoms with Gasteiger partial charge in [0.05, 0.1) is 11.4 Å². The molecule has 0 amide bonds. The molecular weight excluding hydrogens is 512 g/mol. The summed E-state index contributed by atoms with van der Waals surface area (Å²) in [5.41, 5.74) is 11.2. The van der Waals surface area contributed by atoms with Crippen molar-refractivity contribution in [3.05, 3.63) is 144 Å². The van der Waals surface area contributed by atoms with Crippen LogP contribution >= 0.6 is 0 Å². The van der Waals surface area contributed by atoms with Gasteiger partial charge >= 0.3 is 0 Å². The van der Waals surface area contributed by atoms with Crippen molar-refractivity contribution in [2.45, 2.75) is 30.6 Å². The Morgan fingerprint density at radius 2 is 1.14 bits per heavy atom. The van der Waals surface area contributed by atoms with Crippen molar-refractivity contribution in [1.29, 1.82) is 0 Å². The number of fused-ring (bicyclic) bond motifs is 3. The van der Waals surface area contributed by atoms with Gasteiger partial charge in [-0.1, -0.05) is 115 Å². The molecule has 2 aliphatic carbocycles. The van der Waals surface area contributed by atoms with Crippen molar-refractivity contribution < 1.29 is 0 Å². The fourth-order valence-electron chi connectivity index (χ4n) is 7.69. The van der Waals surface area contributed by atoms with Crippen molar-refractivity contribution >= 4 is 17.3 Å². The molecule has 1 spiro atoms. The number of hydrogen-bond acceptors (Lipinski definition) is 4. The highest BCUT2D eigenvalue weighted by molar-refractivity contribution is 5.87. The molecule has 9 rings (SSSR count). The normalized spacial score (nSPS) is 19.4. The molecule has 2 atom stereocenters. The monoisotopic (exact) mass is 540 g/mol. The number of nitrogens with zero attached hydrogens (tertiary/aromatic N) is 4. The molecule has 0 radical (unpaired) electrons. The third-order valence-corrected chi connectivity index (χ3v) is 9.51. The van der Waals surface area contributed by atoms with Gasteiger partial charge in [-0.05, 0) is 65.1 Å². The molecule has 2 unspecified atom stereocenters. The predicted molar refractivity (Wildman–Crippen MR) is 168 cm³/mol. The first-order valence-corrected chi connectivity index (χ1v) is 14.8. The summed E-state index contributed by atoms with van der Waals surface area (Å²) in [5.74, 6) is 2.63. The number of para-hydroxylation sites is 1. The molecule has 1 aromatic heterocycles. The molecule has 0 saturated heterocycles. The smallest absolute Gasteiger partial charge is 0.238 e. The van der Waals surface area contributed by atoms with E-state index in [1.807, 2.05) is 24.3 Å². The summed E-state index contributed by atoms with van der Waals surface area (Å²) in [7, 11) is 0. The molecule has 4 nitrogen and oxygen atoms in total. The fraction of sp³-hybridized carbons (Fsp3) is 0.132. The average molecular weight is 541 g/mol. The van der Waals surface area contributed by atoms with E-state index >= 15 is 0 Å². The van der Waals surface area contributed by atoms with Crippen LogP contribution in [0.4, 0.5) is 17.3 Å². The number of anilines is 3. The van der Waals surface area contributed by atoms with Gasteiger partial charge in [0.25, 0.3) is 0 Å². The van der Waals surface area contributed by atoms with E-state index in [4.69, 9.17) is 15.0 Å². The van der Waals surface area contributed by atoms with Crippen molar-refractivity contribution in [3.63, 3.8) is 0 Å². The summed E-state index contributed by atoms with van der Waals surface area (Å²) in [6.07, 6.45) is 3.67. The topological polar surface area (TPSA) is 41.9 Å². The maximum atomic E-state index is 5.19. The summed E-state index contributed by atoms with van der Waals surface area (Å²) < 4.78 is 0. The predicted octanol–water partition coefficient (Wildman–Crippen LogP) is 9.22. The second-order valence-electron chi connectivity index (χ2n) is 11.7. The van der Waals surface area contributed by atoms with Crippen LogP contribution in [0.1, 0.15) is 41.9 Å². The largest absolute Gasteiger partial charge is 0.278 e. The third-order valence-electron chi connectivity index (χ3n) is 9.51. The number of hydrogen-bond donors (Lipinski definition) is 0. The van der Waals surface area contributed by atoms with Crippen molar-refractivity contribution in [1.82, 2.24) is 15.0 Å². The molecule has 0 N–H and O–H groups in total. The Labute approximate surface area is 245 Å². The van der Waals surface area contributed by atoms with Gasteiger partial charge in [0.2, 0.25) is 5.95 Å². The summed E-state index contributed by atoms with van der Waals surface area (Å²) in [6, 6.07) is 44.9. The van der Waals surface area contributed by atoms with Crippen LogP contribution in [0.2, 0.25) is 0 Å². The zero-order chi connectivity index (χ0) is 27.7. The van der Waals surface area contributed by atoms with Gasteiger partial charge in [-0.3, -0.25) is 4.90 Å². The Morgan fingerprint density at radius 3 is 1.90 bits per heavy atom. The molecule has 2 heterocycles. The van der Waals surface area contributed by atoms with E-state index in [1.165, 1.54) is 58.5 Å². The van der Waals surface area contributed by atoms with Gasteiger partial charge in [0, 0.05) is 16.5 Å². The summed E-state index contributed by atoms with van der Waals surface area (Å²) in [5, 5.41) is 0. The van der Waals surface area contributed by atoms with E-state index in [-0.39, 0.29) is 5.41 Å². The first kappa shape index (κ1) is 23.6. The van der Waals surface area contributed by atoms with Crippen molar-refractivity contribution in [2.24, 2.45) is 0 Å². The molecule has 1 saturated carbocycles. The Hall–Kier alpha value is -5.09. The van der Waals surface area contributed by atoms with E-state index in [0.29, 0.717) is 23.5 Å². The standard InChI is InChI=1S/C38H28N4/c1-3-10-25(11-4-1)26-18-20-28(21-19-26)36-39-35(27-12-5-2-6-13-27)40-37(41-36)42-32-16-8-7-15-31(32)38-23-22-29(24-38)30-14-9-17-33(42)34(30)38/h1-21,29H,22-24H2. The minimum absolute atomic E-state index is 0.0923. The SMILES string of the molecule is c1ccc(-c2ccc(-c3nc(-c4ccccc4)nc(N4c5ccccc5C56CCC(C5)c5cccc4c56)n3)cc2)cc1. The van der Waals surface area contributed by atoms with Gasteiger partial charge in [-0.15, -0.1) is 0 Å². The van der Waals surface area contributed by atoms with Crippen LogP contribution in [0, 0.1) is 0 Å². The van der Waals surface area contributed by atoms with E-state index < -0.39 is 0 Å². The van der Waals surface area contributed by atoms with Gasteiger partial charge in [0.15, 0.2) is 11.6 Å². The lowest BCUT2D eigenvalue weighted by molar-refractivity contribution is 0.544. The highest BCUT2D eigenvalue weighted by Crippen LogP contribution is 2.67. The van der Waals surface area contributed by atoms with Gasteiger partial charge in [-0.25, -0.2) is 4.98 Å². The lowest BCUT2D eigenvalue weighted by Gasteiger charge is -2.42. The Bertz CT molecular complexity index is 1970. The summed E-state index contributed by atoms with van der Waals surface area (Å²) in [4.78, 5) is 17.6. The number of rotatable bonds is 4. The van der Waals surface area contributed by atoms with Gasteiger partial charge in [0.1, 0.15) is 0 Å². The highest BCUT2D eigenvalue weighted by Gasteiger charge is 2.55. The van der Waals surface area contributed by atoms with Gasteiger partial charge in [-0.2, -0.15) is 9.97 Å².